The lowest BCUT2D eigenvalue weighted by molar-refractivity contribution is -0.150. The number of halogens is 1. The number of aliphatic carboxylic acids is 1. The van der Waals surface area contributed by atoms with Crippen LogP contribution in [-0.4, -0.2) is 26.4 Å². The van der Waals surface area contributed by atoms with Crippen molar-refractivity contribution >= 4 is 29.1 Å². The Hall–Kier alpha value is -3.64. The number of carboxylic acid groups (broad SMARTS) is 1. The van der Waals surface area contributed by atoms with Gasteiger partial charge in [-0.05, 0) is 104 Å². The summed E-state index contributed by atoms with van der Waals surface area (Å²) < 4.78 is 1.88. The number of nitrogens with zero attached hydrogens (tertiary/aromatic N) is 2. The third-order valence-electron chi connectivity index (χ3n) is 8.48. The Balaban J connectivity index is 1.25. The summed E-state index contributed by atoms with van der Waals surface area (Å²) >= 11 is 6.29. The van der Waals surface area contributed by atoms with E-state index in [-0.39, 0.29) is 11.8 Å². The highest BCUT2D eigenvalue weighted by atomic mass is 35.5. The normalized spacial score (nSPS) is 17.7. The van der Waals surface area contributed by atoms with Crippen LogP contribution in [0.1, 0.15) is 72.6 Å². The highest BCUT2D eigenvalue weighted by molar-refractivity contribution is 6.31. The molecule has 2 aromatic carbocycles. The minimum absolute atomic E-state index is 0.222. The number of nitrogens with one attached hydrogen (secondary N) is 1. The average Bonchev–Trinajstić information content (AvgIpc) is 3.36. The van der Waals surface area contributed by atoms with E-state index in [0.717, 1.165) is 47.9 Å². The van der Waals surface area contributed by atoms with Crippen LogP contribution in [0.3, 0.4) is 0 Å². The van der Waals surface area contributed by atoms with Gasteiger partial charge in [-0.2, -0.15) is 0 Å². The fraction of sp³-hybridized carbons (Fsp3) is 0.344. The number of carbonyl (C=O) groups is 2. The van der Waals surface area contributed by atoms with Crippen molar-refractivity contribution in [2.45, 2.75) is 58.9 Å². The molecule has 39 heavy (non-hydrogen) atoms. The van der Waals surface area contributed by atoms with Crippen LogP contribution in [0.5, 0.6) is 0 Å². The van der Waals surface area contributed by atoms with Crippen LogP contribution >= 0.6 is 11.6 Å². The highest BCUT2D eigenvalue weighted by Gasteiger charge is 2.39. The number of carbonyl (C=O) groups excluding carboxylic acids is 1. The van der Waals surface area contributed by atoms with Gasteiger partial charge in [-0.15, -0.1) is 0 Å². The number of pyridine rings is 1. The topological polar surface area (TPSA) is 83.7 Å². The second kappa shape index (κ2) is 10.9. The Morgan fingerprint density at radius 1 is 1.00 bits per heavy atom. The molecule has 7 heteroatoms. The molecule has 0 bridgehead atoms. The molecule has 1 amide bonds. The largest absolute Gasteiger partial charge is 0.481 e. The van der Waals surface area contributed by atoms with Crippen LogP contribution in [0, 0.1) is 18.3 Å². The van der Waals surface area contributed by atoms with Gasteiger partial charge in [0.05, 0.1) is 5.41 Å². The van der Waals surface area contributed by atoms with E-state index in [4.69, 9.17) is 11.6 Å². The first-order valence-electron chi connectivity index (χ1n) is 13.5. The summed E-state index contributed by atoms with van der Waals surface area (Å²) in [6, 6.07) is 18.3. The Morgan fingerprint density at radius 3 is 2.36 bits per heavy atom. The molecule has 2 N–H and O–H groups in total. The van der Waals surface area contributed by atoms with Crippen LogP contribution in [-0.2, 0) is 11.3 Å². The van der Waals surface area contributed by atoms with Crippen molar-refractivity contribution in [3.63, 3.8) is 0 Å². The van der Waals surface area contributed by atoms with Gasteiger partial charge in [0.15, 0.2) is 0 Å². The lowest BCUT2D eigenvalue weighted by atomic mass is 9.68. The summed E-state index contributed by atoms with van der Waals surface area (Å²) in [4.78, 5) is 28.9. The zero-order valence-corrected chi connectivity index (χ0v) is 23.3. The molecule has 0 atom stereocenters. The van der Waals surface area contributed by atoms with Crippen molar-refractivity contribution < 1.29 is 14.7 Å². The highest BCUT2D eigenvalue weighted by Crippen LogP contribution is 2.43. The van der Waals surface area contributed by atoms with E-state index < -0.39 is 11.4 Å². The lowest BCUT2D eigenvalue weighted by Gasteiger charge is -2.36. The van der Waals surface area contributed by atoms with Gasteiger partial charge in [0.1, 0.15) is 11.3 Å². The predicted molar refractivity (Wildman–Crippen MR) is 154 cm³/mol. The van der Waals surface area contributed by atoms with Crippen molar-refractivity contribution in [2.75, 3.05) is 0 Å². The smallest absolute Gasteiger partial charge is 0.309 e. The van der Waals surface area contributed by atoms with Gasteiger partial charge in [0.25, 0.3) is 5.91 Å². The summed E-state index contributed by atoms with van der Waals surface area (Å²) in [5, 5.41) is 13.1. The van der Waals surface area contributed by atoms with Crippen molar-refractivity contribution in [1.29, 1.82) is 0 Å². The number of aromatic nitrogens is 2. The maximum atomic E-state index is 12.8. The second-order valence-electron chi connectivity index (χ2n) is 11.2. The van der Waals surface area contributed by atoms with Crippen molar-refractivity contribution in [3.8, 4) is 11.1 Å². The summed E-state index contributed by atoms with van der Waals surface area (Å²) in [7, 11) is 0. The van der Waals surface area contributed by atoms with Crippen LogP contribution in [0.4, 0.5) is 0 Å². The second-order valence-corrected chi connectivity index (χ2v) is 11.6. The van der Waals surface area contributed by atoms with Gasteiger partial charge < -0.3 is 14.8 Å². The zero-order chi connectivity index (χ0) is 27.7. The summed E-state index contributed by atoms with van der Waals surface area (Å²) in [5.41, 5.74) is 5.76. The van der Waals surface area contributed by atoms with Crippen molar-refractivity contribution in [2.24, 2.45) is 11.3 Å². The molecule has 5 rings (SSSR count). The number of aryl methyl sites for hydroxylation is 1. The molecule has 6 nitrogen and oxygen atoms in total. The number of fused-ring (bicyclic) bond motifs is 1. The molecule has 1 aliphatic rings. The lowest BCUT2D eigenvalue weighted by Crippen LogP contribution is -2.35. The van der Waals surface area contributed by atoms with Crippen LogP contribution in [0.2, 0.25) is 5.02 Å². The van der Waals surface area contributed by atoms with Crippen molar-refractivity contribution in [1.82, 2.24) is 14.7 Å². The molecule has 1 aliphatic carbocycles. The Kier molecular flexibility index (Phi) is 7.50. The van der Waals surface area contributed by atoms with Gasteiger partial charge in [-0.3, -0.25) is 9.59 Å². The standard InChI is InChI=1S/C32H34ClN3O3/c1-20-5-4-6-27(33)26(20)17-34-30(37)28-19-36-18-24(13-16-29(36)35-28)23-9-7-21(8-10-23)22-11-14-25(15-12-22)32(2,3)31(38)39/h4-10,13,16,18-19,22,25H,11-12,14-15,17H2,1-3H3,(H,34,37)(H,38,39). The number of carboxylic acids is 1. The Bertz CT molecular complexity index is 1500. The van der Waals surface area contributed by atoms with E-state index in [1.165, 1.54) is 5.56 Å². The van der Waals surface area contributed by atoms with Gasteiger partial charge in [-0.1, -0.05) is 48.0 Å². The molecule has 2 heterocycles. The van der Waals surface area contributed by atoms with E-state index in [9.17, 15) is 14.7 Å². The van der Waals surface area contributed by atoms with E-state index in [0.29, 0.717) is 28.8 Å². The van der Waals surface area contributed by atoms with Crippen LogP contribution in [0.25, 0.3) is 16.8 Å². The molecular weight excluding hydrogens is 510 g/mol. The minimum atomic E-state index is -0.704. The quantitative estimate of drug-likeness (QED) is 0.256. The first kappa shape index (κ1) is 26.9. The van der Waals surface area contributed by atoms with Gasteiger partial charge >= 0.3 is 5.97 Å². The summed E-state index contributed by atoms with van der Waals surface area (Å²) in [5.74, 6) is -0.262. The fourth-order valence-electron chi connectivity index (χ4n) is 5.69. The average molecular weight is 544 g/mol. The van der Waals surface area contributed by atoms with Gasteiger partial charge in [-0.25, -0.2) is 4.98 Å². The zero-order valence-electron chi connectivity index (χ0n) is 22.6. The van der Waals surface area contributed by atoms with Crippen molar-refractivity contribution in [3.05, 3.63) is 94.4 Å². The fourth-order valence-corrected chi connectivity index (χ4v) is 5.98. The molecule has 0 radical (unpaired) electrons. The van der Waals surface area contributed by atoms with Crippen LogP contribution in [0.15, 0.2) is 67.0 Å². The summed E-state index contributed by atoms with van der Waals surface area (Å²) in [6.07, 6.45) is 7.66. The monoisotopic (exact) mass is 543 g/mol. The van der Waals surface area contributed by atoms with E-state index in [1.54, 1.807) is 6.20 Å². The first-order valence-corrected chi connectivity index (χ1v) is 13.9. The predicted octanol–water partition coefficient (Wildman–Crippen LogP) is 7.28. The molecule has 1 saturated carbocycles. The molecular formula is C32H34ClN3O3. The molecule has 202 valence electrons. The SMILES string of the molecule is Cc1cccc(Cl)c1CNC(=O)c1cn2cc(-c3ccc(C4CCC(C(C)(C)C(=O)O)CC4)cc3)ccc2n1. The van der Waals surface area contributed by atoms with Gasteiger partial charge in [0, 0.05) is 24.0 Å². The van der Waals surface area contributed by atoms with Crippen LogP contribution < -0.4 is 5.32 Å². The number of benzene rings is 2. The molecule has 0 unspecified atom stereocenters. The molecule has 4 aromatic rings. The number of hydrogen-bond donors (Lipinski definition) is 2. The van der Waals surface area contributed by atoms with E-state index >= 15 is 0 Å². The maximum Gasteiger partial charge on any atom is 0.309 e. The summed E-state index contributed by atoms with van der Waals surface area (Å²) in [6.45, 7) is 6.01. The molecule has 0 saturated heterocycles. The first-order chi connectivity index (χ1) is 18.6. The third-order valence-corrected chi connectivity index (χ3v) is 8.83. The molecule has 0 aliphatic heterocycles. The molecule has 2 aromatic heterocycles. The number of rotatable bonds is 7. The maximum absolute atomic E-state index is 12.8. The molecule has 1 fully saturated rings. The number of hydrogen-bond acceptors (Lipinski definition) is 3. The minimum Gasteiger partial charge on any atom is -0.481 e. The molecule has 0 spiro atoms. The Morgan fingerprint density at radius 2 is 1.69 bits per heavy atom. The van der Waals surface area contributed by atoms with E-state index in [1.807, 2.05) is 61.7 Å². The Labute approximate surface area is 234 Å². The number of amides is 1. The number of imidazole rings is 1. The van der Waals surface area contributed by atoms with Gasteiger partial charge in [0.2, 0.25) is 0 Å². The van der Waals surface area contributed by atoms with E-state index in [2.05, 4.69) is 34.6 Å². The third kappa shape index (κ3) is 5.57.